The van der Waals surface area contributed by atoms with Crippen molar-refractivity contribution in [3.05, 3.63) is 89.0 Å². The van der Waals surface area contributed by atoms with Gasteiger partial charge in [-0.05, 0) is 39.9 Å². The number of hydrogen-bond donors (Lipinski definition) is 2. The van der Waals surface area contributed by atoms with Gasteiger partial charge in [0, 0.05) is 25.1 Å². The first-order chi connectivity index (χ1) is 13.7. The molecule has 2 heterocycles. The third kappa shape index (κ3) is 2.68. The van der Waals surface area contributed by atoms with Crippen molar-refractivity contribution in [1.29, 1.82) is 0 Å². The minimum atomic E-state index is -0.471. The van der Waals surface area contributed by atoms with E-state index in [2.05, 4.69) is 47.4 Å². The first-order valence-electron chi connectivity index (χ1n) is 9.29. The minimum absolute atomic E-state index is 0.471. The number of nitrogens with zero attached hydrogens (tertiary/aromatic N) is 2. The van der Waals surface area contributed by atoms with Gasteiger partial charge in [0.25, 0.3) is 5.91 Å². The molecule has 0 aromatic heterocycles. The van der Waals surface area contributed by atoms with Gasteiger partial charge in [0.1, 0.15) is 5.84 Å². The quantitative estimate of drug-likeness (QED) is 0.529. The highest BCUT2D eigenvalue weighted by molar-refractivity contribution is 5.98. The molecule has 0 fully saturated rings. The molecule has 5 rings (SSSR count). The van der Waals surface area contributed by atoms with Crippen LogP contribution in [0.3, 0.4) is 0 Å². The van der Waals surface area contributed by atoms with E-state index in [-0.39, 0.29) is 0 Å². The average Bonchev–Trinajstić information content (AvgIpc) is 3.37. The van der Waals surface area contributed by atoms with Gasteiger partial charge in [-0.3, -0.25) is 10.0 Å². The number of carbonyl (C=O) groups is 1. The maximum absolute atomic E-state index is 12.0. The van der Waals surface area contributed by atoms with Crippen LogP contribution in [0.15, 0.2) is 71.7 Å². The summed E-state index contributed by atoms with van der Waals surface area (Å²) in [6.07, 6.45) is 0.774. The molecule has 2 N–H and O–H groups in total. The summed E-state index contributed by atoms with van der Waals surface area (Å²) < 4.78 is 0. The molecule has 0 unspecified atom stereocenters. The van der Waals surface area contributed by atoms with Gasteiger partial charge in [0.05, 0.1) is 5.69 Å². The summed E-state index contributed by atoms with van der Waals surface area (Å²) in [6, 6.07) is 22.3. The molecule has 3 aromatic carbocycles. The van der Waals surface area contributed by atoms with Gasteiger partial charge in [-0.25, -0.2) is 10.5 Å². The molecule has 5 nitrogen and oxygen atoms in total. The molecule has 138 valence electrons. The fraction of sp³-hybridized carbons (Fsp3) is 0.130. The SMILES string of the molecule is O=C(NO)c1cccc2c1CN(C1=Nc3cccc(-c4ccccc4)c3C1)C2. The summed E-state index contributed by atoms with van der Waals surface area (Å²) in [4.78, 5) is 19.1. The second-order valence-corrected chi connectivity index (χ2v) is 7.11. The number of nitrogens with one attached hydrogen (secondary N) is 1. The van der Waals surface area contributed by atoms with E-state index in [1.165, 1.54) is 16.7 Å². The van der Waals surface area contributed by atoms with Crippen molar-refractivity contribution in [2.24, 2.45) is 4.99 Å². The van der Waals surface area contributed by atoms with Gasteiger partial charge in [-0.15, -0.1) is 0 Å². The van der Waals surface area contributed by atoms with Crippen LogP contribution in [0.4, 0.5) is 5.69 Å². The van der Waals surface area contributed by atoms with Crippen LogP contribution in [0.1, 0.15) is 27.0 Å². The van der Waals surface area contributed by atoms with Crippen LogP contribution in [-0.2, 0) is 19.5 Å². The highest BCUT2D eigenvalue weighted by Gasteiger charge is 2.29. The van der Waals surface area contributed by atoms with Gasteiger partial charge >= 0.3 is 0 Å². The van der Waals surface area contributed by atoms with Crippen LogP contribution in [0.5, 0.6) is 0 Å². The summed E-state index contributed by atoms with van der Waals surface area (Å²) in [5, 5.41) is 9.02. The molecular formula is C23H19N3O2. The molecule has 0 bridgehead atoms. The van der Waals surface area contributed by atoms with E-state index in [0.29, 0.717) is 12.1 Å². The molecule has 0 atom stereocenters. The van der Waals surface area contributed by atoms with E-state index >= 15 is 0 Å². The fourth-order valence-electron chi connectivity index (χ4n) is 4.15. The van der Waals surface area contributed by atoms with Crippen LogP contribution in [0.2, 0.25) is 0 Å². The Morgan fingerprint density at radius 2 is 1.75 bits per heavy atom. The average molecular weight is 369 g/mol. The zero-order chi connectivity index (χ0) is 19.1. The zero-order valence-corrected chi connectivity index (χ0v) is 15.2. The molecule has 0 radical (unpaired) electrons. The number of hydrogen-bond acceptors (Lipinski definition) is 4. The van der Waals surface area contributed by atoms with E-state index in [1.54, 1.807) is 11.5 Å². The maximum atomic E-state index is 12.0. The Labute approximate surface area is 162 Å². The predicted octanol–water partition coefficient (Wildman–Crippen LogP) is 4.07. The van der Waals surface area contributed by atoms with Crippen LogP contribution in [0, 0.1) is 0 Å². The number of amidine groups is 1. The highest BCUT2D eigenvalue weighted by Crippen LogP contribution is 2.37. The van der Waals surface area contributed by atoms with E-state index in [1.807, 2.05) is 18.2 Å². The number of aliphatic imine (C=N–C) groups is 1. The molecular weight excluding hydrogens is 350 g/mol. The van der Waals surface area contributed by atoms with E-state index in [4.69, 9.17) is 10.2 Å². The number of rotatable bonds is 2. The third-order valence-electron chi connectivity index (χ3n) is 5.51. The molecule has 1 amide bonds. The Bertz CT molecular complexity index is 1110. The summed E-state index contributed by atoms with van der Waals surface area (Å²) in [7, 11) is 0. The number of benzene rings is 3. The van der Waals surface area contributed by atoms with Crippen LogP contribution >= 0.6 is 0 Å². The van der Waals surface area contributed by atoms with Crippen molar-refractivity contribution in [3.8, 4) is 11.1 Å². The summed E-state index contributed by atoms with van der Waals surface area (Å²) in [5.41, 5.74) is 8.99. The van der Waals surface area contributed by atoms with Crippen molar-refractivity contribution in [1.82, 2.24) is 10.4 Å². The Kier molecular flexibility index (Phi) is 3.95. The van der Waals surface area contributed by atoms with Gasteiger partial charge in [-0.2, -0.15) is 0 Å². The van der Waals surface area contributed by atoms with Crippen molar-refractivity contribution >= 4 is 17.4 Å². The second-order valence-electron chi connectivity index (χ2n) is 7.11. The number of carbonyl (C=O) groups excluding carboxylic acids is 1. The molecule has 2 aliphatic rings. The number of fused-ring (bicyclic) bond motifs is 2. The number of hydroxylamine groups is 1. The zero-order valence-electron chi connectivity index (χ0n) is 15.2. The van der Waals surface area contributed by atoms with Crippen LogP contribution in [-0.4, -0.2) is 21.8 Å². The minimum Gasteiger partial charge on any atom is -0.351 e. The molecule has 3 aromatic rings. The van der Waals surface area contributed by atoms with Gasteiger partial charge < -0.3 is 4.90 Å². The van der Waals surface area contributed by atoms with Crippen molar-refractivity contribution in [2.45, 2.75) is 19.5 Å². The molecule has 0 spiro atoms. The van der Waals surface area contributed by atoms with Gasteiger partial charge in [0.2, 0.25) is 0 Å². The monoisotopic (exact) mass is 369 g/mol. The molecule has 0 aliphatic carbocycles. The van der Waals surface area contributed by atoms with Gasteiger partial charge in [-0.1, -0.05) is 54.6 Å². The lowest BCUT2D eigenvalue weighted by Crippen LogP contribution is -2.26. The lowest BCUT2D eigenvalue weighted by molar-refractivity contribution is 0.0705. The molecule has 2 aliphatic heterocycles. The van der Waals surface area contributed by atoms with Crippen molar-refractivity contribution < 1.29 is 10.0 Å². The molecule has 5 heteroatoms. The van der Waals surface area contributed by atoms with Crippen molar-refractivity contribution in [3.63, 3.8) is 0 Å². The lowest BCUT2D eigenvalue weighted by Gasteiger charge is -2.17. The first-order valence-corrected chi connectivity index (χ1v) is 9.29. The summed E-state index contributed by atoms with van der Waals surface area (Å²) in [6.45, 7) is 1.34. The Morgan fingerprint density at radius 1 is 0.929 bits per heavy atom. The largest absolute Gasteiger partial charge is 0.351 e. The van der Waals surface area contributed by atoms with Crippen LogP contribution in [0.25, 0.3) is 11.1 Å². The fourth-order valence-corrected chi connectivity index (χ4v) is 4.15. The highest BCUT2D eigenvalue weighted by atomic mass is 16.5. The van der Waals surface area contributed by atoms with Crippen molar-refractivity contribution in [2.75, 3.05) is 0 Å². The number of amides is 1. The molecule has 0 saturated heterocycles. The second kappa shape index (κ2) is 6.62. The molecule has 28 heavy (non-hydrogen) atoms. The van der Waals surface area contributed by atoms with E-state index < -0.39 is 5.91 Å². The first kappa shape index (κ1) is 16.7. The third-order valence-corrected chi connectivity index (χ3v) is 5.51. The Hall–Kier alpha value is -3.44. The smallest absolute Gasteiger partial charge is 0.274 e. The lowest BCUT2D eigenvalue weighted by atomic mass is 9.97. The summed E-state index contributed by atoms with van der Waals surface area (Å²) >= 11 is 0. The molecule has 0 saturated carbocycles. The van der Waals surface area contributed by atoms with E-state index in [0.717, 1.165) is 35.6 Å². The standard InChI is InChI=1S/C23H19N3O2/c27-23(25-28)18-10-4-8-16-13-26(14-20(16)18)22-12-19-17(9-5-11-21(19)24-22)15-6-2-1-3-7-15/h1-11,28H,12-14H2,(H,25,27). The predicted molar refractivity (Wildman–Crippen MR) is 108 cm³/mol. The summed E-state index contributed by atoms with van der Waals surface area (Å²) in [5.74, 6) is 0.548. The Balaban J connectivity index is 1.44. The Morgan fingerprint density at radius 3 is 2.57 bits per heavy atom. The topological polar surface area (TPSA) is 64.9 Å². The van der Waals surface area contributed by atoms with Gasteiger partial charge in [0.15, 0.2) is 0 Å². The maximum Gasteiger partial charge on any atom is 0.274 e. The van der Waals surface area contributed by atoms with Crippen LogP contribution < -0.4 is 5.48 Å². The normalized spacial score (nSPS) is 14.5. The van der Waals surface area contributed by atoms with E-state index in [9.17, 15) is 4.79 Å².